The lowest BCUT2D eigenvalue weighted by Crippen LogP contribution is -2.46. The van der Waals surface area contributed by atoms with Gasteiger partial charge in [-0.1, -0.05) is 48.0 Å². The Balaban J connectivity index is 1.72. The Morgan fingerprint density at radius 2 is 1.68 bits per heavy atom. The standard InChI is InChI=1S/C26H25N5O3/c1-18-10-12-22(13-11-18)31-26(34)30(17-20-8-4-3-7-19(20)2)25(33)23(29-31)24(32)28-16-14-21-9-5-6-15-27-21/h3-13,15H,14,16-17H2,1-2H3,(H,28,32). The van der Waals surface area contributed by atoms with Gasteiger partial charge in [0, 0.05) is 24.9 Å². The van der Waals surface area contributed by atoms with Gasteiger partial charge in [-0.2, -0.15) is 9.78 Å². The summed E-state index contributed by atoms with van der Waals surface area (Å²) in [6.45, 7) is 4.15. The van der Waals surface area contributed by atoms with Gasteiger partial charge in [-0.3, -0.25) is 19.1 Å². The molecule has 1 amide bonds. The van der Waals surface area contributed by atoms with E-state index in [1.54, 1.807) is 18.3 Å². The average Bonchev–Trinajstić information content (AvgIpc) is 2.84. The molecule has 8 nitrogen and oxygen atoms in total. The van der Waals surface area contributed by atoms with E-state index in [-0.39, 0.29) is 18.8 Å². The zero-order valence-corrected chi connectivity index (χ0v) is 19.1. The van der Waals surface area contributed by atoms with Gasteiger partial charge >= 0.3 is 5.69 Å². The van der Waals surface area contributed by atoms with Crippen LogP contribution < -0.4 is 16.6 Å². The number of rotatable bonds is 7. The number of hydrogen-bond donors (Lipinski definition) is 1. The van der Waals surface area contributed by atoms with E-state index < -0.39 is 17.2 Å². The average molecular weight is 456 g/mol. The molecular weight excluding hydrogens is 430 g/mol. The number of pyridine rings is 1. The smallest absolute Gasteiger partial charge is 0.350 e. The fraction of sp³-hybridized carbons (Fsp3) is 0.192. The maximum Gasteiger partial charge on any atom is 0.352 e. The summed E-state index contributed by atoms with van der Waals surface area (Å²) >= 11 is 0. The van der Waals surface area contributed by atoms with Gasteiger partial charge in [-0.25, -0.2) is 4.79 Å². The molecule has 8 heteroatoms. The van der Waals surface area contributed by atoms with Crippen LogP contribution in [-0.2, 0) is 13.0 Å². The molecule has 2 aromatic heterocycles. The first kappa shape index (κ1) is 22.8. The minimum Gasteiger partial charge on any atom is -0.350 e. The fourth-order valence-electron chi connectivity index (χ4n) is 3.54. The van der Waals surface area contributed by atoms with Crippen LogP contribution in [0.2, 0.25) is 0 Å². The SMILES string of the molecule is Cc1ccc(-n2nc(C(=O)NCCc3ccccn3)c(=O)n(Cc3ccccc3C)c2=O)cc1. The van der Waals surface area contributed by atoms with Crippen LogP contribution in [0.5, 0.6) is 0 Å². The lowest BCUT2D eigenvalue weighted by atomic mass is 10.1. The van der Waals surface area contributed by atoms with Crippen molar-refractivity contribution in [3.05, 3.63) is 122 Å². The highest BCUT2D eigenvalue weighted by molar-refractivity contribution is 5.91. The van der Waals surface area contributed by atoms with Crippen LogP contribution in [0.25, 0.3) is 5.69 Å². The van der Waals surface area contributed by atoms with Gasteiger partial charge in [0.25, 0.3) is 11.5 Å². The van der Waals surface area contributed by atoms with E-state index >= 15 is 0 Å². The quantitative estimate of drug-likeness (QED) is 0.462. The maximum atomic E-state index is 13.3. The fourth-order valence-corrected chi connectivity index (χ4v) is 3.54. The van der Waals surface area contributed by atoms with Crippen LogP contribution >= 0.6 is 0 Å². The number of carbonyl (C=O) groups excluding carboxylic acids is 1. The third-order valence-corrected chi connectivity index (χ3v) is 5.54. The largest absolute Gasteiger partial charge is 0.352 e. The van der Waals surface area contributed by atoms with Crippen molar-refractivity contribution >= 4 is 5.91 Å². The summed E-state index contributed by atoms with van der Waals surface area (Å²) in [5.74, 6) is -0.639. The van der Waals surface area contributed by atoms with Crippen molar-refractivity contribution in [3.8, 4) is 5.69 Å². The molecule has 0 fully saturated rings. The Hall–Kier alpha value is -4.33. The highest BCUT2D eigenvalue weighted by Crippen LogP contribution is 2.09. The molecule has 0 unspecified atom stereocenters. The van der Waals surface area contributed by atoms with Crippen molar-refractivity contribution in [2.75, 3.05) is 6.54 Å². The summed E-state index contributed by atoms with van der Waals surface area (Å²) in [5, 5.41) is 6.89. The van der Waals surface area contributed by atoms with Crippen LogP contribution in [0.4, 0.5) is 0 Å². The Morgan fingerprint density at radius 3 is 2.38 bits per heavy atom. The summed E-state index contributed by atoms with van der Waals surface area (Å²) in [7, 11) is 0. The van der Waals surface area contributed by atoms with E-state index in [1.807, 2.05) is 68.4 Å². The van der Waals surface area contributed by atoms with Crippen molar-refractivity contribution < 1.29 is 4.79 Å². The van der Waals surface area contributed by atoms with Crippen LogP contribution in [-0.4, -0.2) is 31.8 Å². The van der Waals surface area contributed by atoms with Crippen LogP contribution in [0.3, 0.4) is 0 Å². The van der Waals surface area contributed by atoms with Crippen molar-refractivity contribution in [1.82, 2.24) is 24.6 Å². The maximum absolute atomic E-state index is 13.3. The Bertz CT molecular complexity index is 1420. The van der Waals surface area contributed by atoms with Gasteiger partial charge in [-0.05, 0) is 49.2 Å². The molecule has 0 saturated heterocycles. The van der Waals surface area contributed by atoms with Crippen molar-refractivity contribution in [2.24, 2.45) is 0 Å². The number of nitrogens with zero attached hydrogens (tertiary/aromatic N) is 4. The monoisotopic (exact) mass is 455 g/mol. The van der Waals surface area contributed by atoms with E-state index in [9.17, 15) is 14.4 Å². The van der Waals surface area contributed by atoms with Crippen molar-refractivity contribution in [2.45, 2.75) is 26.8 Å². The predicted molar refractivity (Wildman–Crippen MR) is 129 cm³/mol. The molecule has 0 radical (unpaired) electrons. The van der Waals surface area contributed by atoms with Crippen LogP contribution in [0.1, 0.15) is 32.9 Å². The molecule has 2 heterocycles. The second kappa shape index (κ2) is 10.1. The summed E-state index contributed by atoms with van der Waals surface area (Å²) in [4.78, 5) is 43.7. The Labute approximate surface area is 196 Å². The number of aryl methyl sites for hydroxylation is 2. The van der Waals surface area contributed by atoms with E-state index in [0.717, 1.165) is 31.6 Å². The molecule has 0 aliphatic rings. The zero-order valence-electron chi connectivity index (χ0n) is 19.1. The topological polar surface area (TPSA) is 98.9 Å². The molecule has 0 aliphatic heterocycles. The Kier molecular flexibility index (Phi) is 6.77. The minimum absolute atomic E-state index is 0.0347. The molecule has 0 atom stereocenters. The number of hydrogen-bond acceptors (Lipinski definition) is 5. The van der Waals surface area contributed by atoms with Gasteiger partial charge in [0.15, 0.2) is 0 Å². The van der Waals surface area contributed by atoms with Gasteiger partial charge in [-0.15, -0.1) is 0 Å². The summed E-state index contributed by atoms with van der Waals surface area (Å²) in [6.07, 6.45) is 2.18. The van der Waals surface area contributed by atoms with Crippen molar-refractivity contribution in [3.63, 3.8) is 0 Å². The van der Waals surface area contributed by atoms with E-state index in [4.69, 9.17) is 0 Å². The highest BCUT2D eigenvalue weighted by atomic mass is 16.2. The number of benzene rings is 2. The molecule has 0 bridgehead atoms. The second-order valence-corrected chi connectivity index (χ2v) is 8.02. The number of carbonyl (C=O) groups is 1. The van der Waals surface area contributed by atoms with Gasteiger partial charge in [0.05, 0.1) is 12.2 Å². The van der Waals surface area contributed by atoms with E-state index in [1.165, 1.54) is 0 Å². The van der Waals surface area contributed by atoms with E-state index in [0.29, 0.717) is 12.1 Å². The molecular formula is C26H25N5O3. The molecule has 2 aromatic carbocycles. The predicted octanol–water partition coefficient (Wildman–Crippen LogP) is 2.43. The third-order valence-electron chi connectivity index (χ3n) is 5.54. The first-order valence-electron chi connectivity index (χ1n) is 11.0. The molecule has 1 N–H and O–H groups in total. The lowest BCUT2D eigenvalue weighted by Gasteiger charge is -2.13. The first-order chi connectivity index (χ1) is 16.4. The van der Waals surface area contributed by atoms with Gasteiger partial charge in [0.1, 0.15) is 0 Å². The molecule has 0 spiro atoms. The second-order valence-electron chi connectivity index (χ2n) is 8.02. The molecule has 4 aromatic rings. The normalized spacial score (nSPS) is 10.8. The van der Waals surface area contributed by atoms with E-state index in [2.05, 4.69) is 15.4 Å². The van der Waals surface area contributed by atoms with Crippen LogP contribution in [0, 0.1) is 13.8 Å². The first-order valence-corrected chi connectivity index (χ1v) is 11.0. The molecule has 34 heavy (non-hydrogen) atoms. The molecule has 4 rings (SSSR count). The molecule has 0 saturated carbocycles. The van der Waals surface area contributed by atoms with Gasteiger partial charge < -0.3 is 5.32 Å². The highest BCUT2D eigenvalue weighted by Gasteiger charge is 2.20. The summed E-state index contributed by atoms with van der Waals surface area (Å²) in [6, 6.07) is 20.2. The third kappa shape index (κ3) is 5.01. The number of amides is 1. The zero-order chi connectivity index (χ0) is 24.1. The molecule has 172 valence electrons. The summed E-state index contributed by atoms with van der Waals surface area (Å²) in [5.41, 5.74) is 2.37. The minimum atomic E-state index is -0.730. The Morgan fingerprint density at radius 1 is 0.941 bits per heavy atom. The van der Waals surface area contributed by atoms with Gasteiger partial charge in [0.2, 0.25) is 5.69 Å². The van der Waals surface area contributed by atoms with Crippen molar-refractivity contribution in [1.29, 1.82) is 0 Å². The number of aromatic nitrogens is 4. The summed E-state index contributed by atoms with van der Waals surface area (Å²) < 4.78 is 2.16. The molecule has 0 aliphatic carbocycles. The van der Waals surface area contributed by atoms with Crippen LogP contribution in [0.15, 0.2) is 82.5 Å². The number of nitrogens with one attached hydrogen (secondary N) is 1. The lowest BCUT2D eigenvalue weighted by molar-refractivity contribution is 0.0944.